The van der Waals surface area contributed by atoms with Gasteiger partial charge in [-0.1, -0.05) is 59.8 Å². The van der Waals surface area contributed by atoms with Crippen LogP contribution < -0.4 is 0 Å². The maximum atomic E-state index is 13.2. The number of likely N-dealkylation sites (tertiary alicyclic amines) is 1. The Hall–Kier alpha value is -2.99. The van der Waals surface area contributed by atoms with Gasteiger partial charge in [0.25, 0.3) is 0 Å². The zero-order chi connectivity index (χ0) is 20.3. The summed E-state index contributed by atoms with van der Waals surface area (Å²) in [6, 6.07) is 18.3. The fourth-order valence-corrected chi connectivity index (χ4v) is 4.56. The molecule has 1 amide bonds. The number of fused-ring (bicyclic) bond motifs is 1. The molecule has 2 aliphatic heterocycles. The largest absolute Gasteiger partial charge is 0.338 e. The van der Waals surface area contributed by atoms with Crippen molar-refractivity contribution in [3.8, 4) is 11.4 Å². The van der Waals surface area contributed by atoms with Crippen LogP contribution in [0.1, 0.15) is 29.9 Å². The van der Waals surface area contributed by atoms with Crippen molar-refractivity contribution in [2.75, 3.05) is 19.6 Å². The second-order valence-electron chi connectivity index (χ2n) is 8.23. The average Bonchev–Trinajstić information content (AvgIpc) is 3.27. The summed E-state index contributed by atoms with van der Waals surface area (Å²) in [5.74, 6) is 1.54. The molecule has 154 valence electrons. The minimum absolute atomic E-state index is 0.0422. The molecule has 1 fully saturated rings. The van der Waals surface area contributed by atoms with Crippen LogP contribution in [0.5, 0.6) is 0 Å². The maximum Gasteiger partial charge on any atom is 0.241 e. The molecule has 0 saturated carbocycles. The van der Waals surface area contributed by atoms with Gasteiger partial charge in [-0.05, 0) is 36.9 Å². The first-order chi connectivity index (χ1) is 14.8. The van der Waals surface area contributed by atoms with E-state index in [0.717, 1.165) is 51.0 Å². The molecule has 0 N–H and O–H groups in total. The van der Waals surface area contributed by atoms with E-state index in [-0.39, 0.29) is 11.8 Å². The first-order valence-electron chi connectivity index (χ1n) is 10.7. The van der Waals surface area contributed by atoms with E-state index < -0.39 is 0 Å². The third kappa shape index (κ3) is 4.00. The highest BCUT2D eigenvalue weighted by Crippen LogP contribution is 2.25. The normalized spacial score (nSPS) is 19.5. The van der Waals surface area contributed by atoms with Crippen LogP contribution in [0.15, 0.2) is 59.1 Å². The van der Waals surface area contributed by atoms with Crippen molar-refractivity contribution in [2.24, 2.45) is 5.92 Å². The summed E-state index contributed by atoms with van der Waals surface area (Å²) in [4.78, 5) is 22.1. The van der Waals surface area contributed by atoms with Crippen LogP contribution in [0.4, 0.5) is 0 Å². The van der Waals surface area contributed by atoms with E-state index in [2.05, 4.69) is 39.3 Å². The number of carbonyl (C=O) groups excluding carboxylic acids is 1. The molecular formula is C24H26N4O2. The van der Waals surface area contributed by atoms with E-state index in [1.807, 2.05) is 35.2 Å². The van der Waals surface area contributed by atoms with Gasteiger partial charge >= 0.3 is 0 Å². The first kappa shape index (κ1) is 19.0. The van der Waals surface area contributed by atoms with Gasteiger partial charge in [0.2, 0.25) is 17.6 Å². The number of hydrogen-bond acceptors (Lipinski definition) is 5. The van der Waals surface area contributed by atoms with Gasteiger partial charge in [-0.15, -0.1) is 0 Å². The molecule has 0 radical (unpaired) electrons. The van der Waals surface area contributed by atoms with E-state index in [1.165, 1.54) is 11.1 Å². The Bertz CT molecular complexity index is 1020. The van der Waals surface area contributed by atoms with Gasteiger partial charge in [0, 0.05) is 25.2 Å². The standard InChI is InChI=1S/C24H26N4O2/c29-24(28-14-12-18-7-4-5-10-20(18)16-28)21-11-6-13-27(15-21)17-22-25-23(26-30-22)19-8-2-1-3-9-19/h1-5,7-10,21H,6,11-17H2. The minimum Gasteiger partial charge on any atom is -0.338 e. The Kier molecular flexibility index (Phi) is 5.32. The summed E-state index contributed by atoms with van der Waals surface area (Å²) in [5.41, 5.74) is 3.60. The van der Waals surface area contributed by atoms with Crippen LogP contribution in [-0.4, -0.2) is 45.5 Å². The van der Waals surface area contributed by atoms with E-state index >= 15 is 0 Å². The molecule has 5 rings (SSSR count). The van der Waals surface area contributed by atoms with Gasteiger partial charge in [-0.2, -0.15) is 4.98 Å². The Morgan fingerprint density at radius 1 is 1.03 bits per heavy atom. The third-order valence-corrected chi connectivity index (χ3v) is 6.16. The molecule has 30 heavy (non-hydrogen) atoms. The predicted molar refractivity (Wildman–Crippen MR) is 113 cm³/mol. The number of benzene rings is 2. The highest BCUT2D eigenvalue weighted by atomic mass is 16.5. The second-order valence-corrected chi connectivity index (χ2v) is 8.23. The number of aromatic nitrogens is 2. The Morgan fingerprint density at radius 3 is 2.70 bits per heavy atom. The van der Waals surface area contributed by atoms with Crippen LogP contribution in [-0.2, 0) is 24.3 Å². The van der Waals surface area contributed by atoms with Gasteiger partial charge in [0.05, 0.1) is 12.5 Å². The van der Waals surface area contributed by atoms with Gasteiger partial charge in [0.1, 0.15) is 0 Å². The summed E-state index contributed by atoms with van der Waals surface area (Å²) in [6.45, 7) is 3.84. The zero-order valence-electron chi connectivity index (χ0n) is 17.0. The van der Waals surface area contributed by atoms with E-state index in [0.29, 0.717) is 18.3 Å². The maximum absolute atomic E-state index is 13.2. The highest BCUT2D eigenvalue weighted by Gasteiger charge is 2.31. The molecule has 0 aliphatic carbocycles. The Morgan fingerprint density at radius 2 is 1.83 bits per heavy atom. The monoisotopic (exact) mass is 402 g/mol. The molecule has 1 unspecified atom stereocenters. The van der Waals surface area contributed by atoms with Crippen molar-refractivity contribution in [2.45, 2.75) is 32.4 Å². The van der Waals surface area contributed by atoms with Crippen LogP contribution in [0.2, 0.25) is 0 Å². The number of amides is 1. The van der Waals surface area contributed by atoms with Crippen LogP contribution >= 0.6 is 0 Å². The number of rotatable bonds is 4. The van der Waals surface area contributed by atoms with Crippen molar-refractivity contribution in [3.63, 3.8) is 0 Å². The molecule has 1 saturated heterocycles. The predicted octanol–water partition coefficient (Wildman–Crippen LogP) is 3.53. The summed E-state index contributed by atoms with van der Waals surface area (Å²) in [6.07, 6.45) is 2.91. The number of nitrogens with zero attached hydrogens (tertiary/aromatic N) is 4. The van der Waals surface area contributed by atoms with Crippen LogP contribution in [0.25, 0.3) is 11.4 Å². The lowest BCUT2D eigenvalue weighted by molar-refractivity contribution is -0.138. The quantitative estimate of drug-likeness (QED) is 0.668. The molecule has 3 aromatic rings. The van der Waals surface area contributed by atoms with Crippen molar-refractivity contribution in [1.29, 1.82) is 0 Å². The van der Waals surface area contributed by atoms with Crippen molar-refractivity contribution in [3.05, 3.63) is 71.6 Å². The van der Waals surface area contributed by atoms with Crippen LogP contribution in [0, 0.1) is 5.92 Å². The average molecular weight is 402 g/mol. The van der Waals surface area contributed by atoms with E-state index in [9.17, 15) is 4.79 Å². The molecule has 2 aliphatic rings. The summed E-state index contributed by atoms with van der Waals surface area (Å²) < 4.78 is 5.47. The molecule has 1 atom stereocenters. The highest BCUT2D eigenvalue weighted by molar-refractivity contribution is 5.79. The zero-order valence-corrected chi connectivity index (χ0v) is 17.0. The molecule has 0 bridgehead atoms. The number of carbonyl (C=O) groups is 1. The summed E-state index contributed by atoms with van der Waals surface area (Å²) in [7, 11) is 0. The molecule has 6 nitrogen and oxygen atoms in total. The van der Waals surface area contributed by atoms with Gasteiger partial charge in [-0.25, -0.2) is 0 Å². The summed E-state index contributed by atoms with van der Waals surface area (Å²) >= 11 is 0. The van der Waals surface area contributed by atoms with Crippen molar-refractivity contribution in [1.82, 2.24) is 19.9 Å². The summed E-state index contributed by atoms with van der Waals surface area (Å²) in [5, 5.41) is 4.11. The topological polar surface area (TPSA) is 62.5 Å². The van der Waals surface area contributed by atoms with E-state index in [4.69, 9.17) is 4.52 Å². The molecule has 3 heterocycles. The minimum atomic E-state index is 0.0422. The Labute approximate surface area is 176 Å². The molecule has 2 aromatic carbocycles. The molecular weight excluding hydrogens is 376 g/mol. The van der Waals surface area contributed by atoms with Crippen LogP contribution in [0.3, 0.4) is 0 Å². The fraction of sp³-hybridized carbons (Fsp3) is 0.375. The molecule has 0 spiro atoms. The van der Waals surface area contributed by atoms with Gasteiger partial charge in [0.15, 0.2) is 0 Å². The third-order valence-electron chi connectivity index (χ3n) is 6.16. The Balaban J connectivity index is 1.21. The smallest absolute Gasteiger partial charge is 0.241 e. The van der Waals surface area contributed by atoms with Crippen molar-refractivity contribution < 1.29 is 9.32 Å². The lowest BCUT2D eigenvalue weighted by Crippen LogP contribution is -2.46. The molecule has 1 aromatic heterocycles. The first-order valence-corrected chi connectivity index (χ1v) is 10.7. The lowest BCUT2D eigenvalue weighted by Gasteiger charge is -2.36. The second kappa shape index (κ2) is 8.40. The van der Waals surface area contributed by atoms with Gasteiger partial charge < -0.3 is 9.42 Å². The SMILES string of the molecule is O=C(C1CCCN(Cc2nc(-c3ccccc3)no2)C1)N1CCc2ccccc2C1. The lowest BCUT2D eigenvalue weighted by atomic mass is 9.94. The number of hydrogen-bond donors (Lipinski definition) is 0. The van der Waals surface area contributed by atoms with E-state index in [1.54, 1.807) is 0 Å². The fourth-order valence-electron chi connectivity index (χ4n) is 4.56. The van der Waals surface area contributed by atoms with Gasteiger partial charge in [-0.3, -0.25) is 9.69 Å². The molecule has 6 heteroatoms. The van der Waals surface area contributed by atoms with Crippen molar-refractivity contribution >= 4 is 5.91 Å². The number of piperidine rings is 1.